The van der Waals surface area contributed by atoms with Gasteiger partial charge in [-0.05, 0) is 48.4 Å². The van der Waals surface area contributed by atoms with Crippen LogP contribution in [0, 0.1) is 18.3 Å². The van der Waals surface area contributed by atoms with Gasteiger partial charge < -0.3 is 10.6 Å². The Balaban J connectivity index is 1.83. The van der Waals surface area contributed by atoms with Crippen molar-refractivity contribution >= 4 is 27.5 Å². The Morgan fingerprint density at radius 2 is 2.15 bits per heavy atom. The van der Waals surface area contributed by atoms with E-state index in [9.17, 15) is 4.79 Å². The highest BCUT2D eigenvalue weighted by molar-refractivity contribution is 7.16. The summed E-state index contributed by atoms with van der Waals surface area (Å²) in [4.78, 5) is 21.1. The molecule has 1 aromatic carbocycles. The van der Waals surface area contributed by atoms with Crippen molar-refractivity contribution in [3.63, 3.8) is 0 Å². The average Bonchev–Trinajstić information content (AvgIpc) is 3.05. The highest BCUT2D eigenvalue weighted by Gasteiger charge is 2.23. The van der Waals surface area contributed by atoms with Crippen LogP contribution in [0.15, 0.2) is 34.4 Å². The molecule has 0 aliphatic carbocycles. The summed E-state index contributed by atoms with van der Waals surface area (Å²) in [5, 5.41) is 11.7. The molecule has 1 aliphatic heterocycles. The number of rotatable bonds is 3. The highest BCUT2D eigenvalue weighted by Crippen LogP contribution is 2.25. The molecule has 1 atom stereocenters. The average molecular weight is 379 g/mol. The summed E-state index contributed by atoms with van der Waals surface area (Å²) in [5.41, 5.74) is 8.68. The van der Waals surface area contributed by atoms with E-state index in [0.717, 1.165) is 35.3 Å². The second-order valence-corrected chi connectivity index (χ2v) is 7.92. The second-order valence-electron chi connectivity index (χ2n) is 7.06. The first-order chi connectivity index (χ1) is 13.1. The summed E-state index contributed by atoms with van der Waals surface area (Å²) in [6.07, 6.45) is 1.99. The fraction of sp³-hybridized carbons (Fsp3) is 0.350. The number of benzene rings is 1. The van der Waals surface area contributed by atoms with Crippen molar-refractivity contribution in [1.29, 1.82) is 5.26 Å². The molecule has 138 valence electrons. The van der Waals surface area contributed by atoms with E-state index in [1.807, 2.05) is 24.4 Å². The van der Waals surface area contributed by atoms with Crippen LogP contribution in [0.4, 0.5) is 5.95 Å². The van der Waals surface area contributed by atoms with Gasteiger partial charge in [0.2, 0.25) is 5.95 Å². The van der Waals surface area contributed by atoms with Gasteiger partial charge >= 0.3 is 0 Å². The molecule has 0 bridgehead atoms. The molecule has 3 aromatic rings. The lowest BCUT2D eigenvalue weighted by Crippen LogP contribution is -2.45. The van der Waals surface area contributed by atoms with Crippen molar-refractivity contribution in [2.24, 2.45) is 5.73 Å². The van der Waals surface area contributed by atoms with E-state index in [-0.39, 0.29) is 11.6 Å². The van der Waals surface area contributed by atoms with Crippen molar-refractivity contribution in [2.45, 2.75) is 32.4 Å². The van der Waals surface area contributed by atoms with Gasteiger partial charge in [-0.3, -0.25) is 9.36 Å². The molecule has 0 amide bonds. The molecule has 1 saturated heterocycles. The Kier molecular flexibility index (Phi) is 4.68. The quantitative estimate of drug-likeness (QED) is 0.756. The highest BCUT2D eigenvalue weighted by atomic mass is 32.1. The van der Waals surface area contributed by atoms with Crippen molar-refractivity contribution in [2.75, 3.05) is 18.0 Å². The van der Waals surface area contributed by atoms with E-state index in [1.54, 1.807) is 16.7 Å². The van der Waals surface area contributed by atoms with E-state index in [0.29, 0.717) is 30.0 Å². The standard InChI is InChI=1S/C20H21N5OS/c1-13-12-27-18-17(13)19(26)25(10-15-6-4-14(9-21)5-7-15)20(23-18)24-8-2-3-16(22)11-24/h4-7,12,16H,2-3,8,10-11,22H2,1H3/t16-/m1/s1. The summed E-state index contributed by atoms with van der Waals surface area (Å²) in [7, 11) is 0. The third-order valence-electron chi connectivity index (χ3n) is 5.02. The molecular formula is C20H21N5OS. The van der Waals surface area contributed by atoms with E-state index >= 15 is 0 Å². The van der Waals surface area contributed by atoms with Crippen LogP contribution in [-0.4, -0.2) is 28.7 Å². The predicted molar refractivity (Wildman–Crippen MR) is 108 cm³/mol. The number of thiophene rings is 1. The number of anilines is 1. The minimum atomic E-state index is -0.0164. The smallest absolute Gasteiger partial charge is 0.264 e. The van der Waals surface area contributed by atoms with Gasteiger partial charge in [0.15, 0.2) is 0 Å². The first kappa shape index (κ1) is 17.7. The fourth-order valence-corrected chi connectivity index (χ4v) is 4.50. The van der Waals surface area contributed by atoms with Crippen LogP contribution in [0.25, 0.3) is 10.2 Å². The Labute approximate surface area is 161 Å². The molecule has 4 rings (SSSR count). The van der Waals surface area contributed by atoms with E-state index in [2.05, 4.69) is 11.0 Å². The van der Waals surface area contributed by atoms with Crippen LogP contribution in [-0.2, 0) is 6.54 Å². The number of piperidine rings is 1. The summed E-state index contributed by atoms with van der Waals surface area (Å²) in [6.45, 7) is 3.92. The number of fused-ring (bicyclic) bond motifs is 1. The third kappa shape index (κ3) is 3.34. The third-order valence-corrected chi connectivity index (χ3v) is 6.01. The van der Waals surface area contributed by atoms with Crippen LogP contribution in [0.5, 0.6) is 0 Å². The molecule has 1 aliphatic rings. The van der Waals surface area contributed by atoms with E-state index < -0.39 is 0 Å². The number of aromatic nitrogens is 2. The summed E-state index contributed by atoms with van der Waals surface area (Å²) in [5.74, 6) is 0.689. The van der Waals surface area contributed by atoms with Gasteiger partial charge in [0.05, 0.1) is 23.6 Å². The topological polar surface area (TPSA) is 87.9 Å². The number of hydrogen-bond donors (Lipinski definition) is 1. The SMILES string of the molecule is Cc1csc2nc(N3CCC[C@@H](N)C3)n(Cc3ccc(C#N)cc3)c(=O)c12. The first-order valence-electron chi connectivity index (χ1n) is 9.05. The zero-order chi connectivity index (χ0) is 19.0. The van der Waals surface area contributed by atoms with Gasteiger partial charge in [-0.15, -0.1) is 11.3 Å². The van der Waals surface area contributed by atoms with Gasteiger partial charge in [0.25, 0.3) is 5.56 Å². The van der Waals surface area contributed by atoms with Crippen molar-refractivity contribution in [3.05, 3.63) is 56.7 Å². The minimum absolute atomic E-state index is 0.0164. The Bertz CT molecular complexity index is 1080. The number of nitriles is 1. The van der Waals surface area contributed by atoms with Gasteiger partial charge in [-0.25, -0.2) is 4.98 Å². The molecule has 2 aromatic heterocycles. The number of nitrogens with two attached hydrogens (primary N) is 1. The fourth-order valence-electron chi connectivity index (χ4n) is 3.59. The van der Waals surface area contributed by atoms with Crippen LogP contribution in [0.1, 0.15) is 29.5 Å². The molecule has 0 saturated carbocycles. The number of aryl methyl sites for hydroxylation is 1. The molecular weight excluding hydrogens is 358 g/mol. The lowest BCUT2D eigenvalue weighted by atomic mass is 10.1. The molecule has 0 radical (unpaired) electrons. The van der Waals surface area contributed by atoms with Crippen LogP contribution in [0.3, 0.4) is 0 Å². The molecule has 0 unspecified atom stereocenters. The molecule has 7 heteroatoms. The predicted octanol–water partition coefficient (Wildman–Crippen LogP) is 2.61. The lowest BCUT2D eigenvalue weighted by Gasteiger charge is -2.33. The molecule has 1 fully saturated rings. The Morgan fingerprint density at radius 1 is 1.37 bits per heavy atom. The zero-order valence-corrected chi connectivity index (χ0v) is 16.0. The normalized spacial score (nSPS) is 17.2. The summed E-state index contributed by atoms with van der Waals surface area (Å²) in [6, 6.07) is 9.55. The molecule has 2 N–H and O–H groups in total. The van der Waals surface area contributed by atoms with E-state index in [1.165, 1.54) is 11.3 Å². The van der Waals surface area contributed by atoms with Crippen molar-refractivity contribution < 1.29 is 0 Å². The number of hydrogen-bond acceptors (Lipinski definition) is 6. The van der Waals surface area contributed by atoms with Crippen molar-refractivity contribution in [3.8, 4) is 6.07 Å². The molecule has 0 spiro atoms. The maximum Gasteiger partial charge on any atom is 0.264 e. The second kappa shape index (κ2) is 7.14. The Hall–Kier alpha value is -2.69. The molecule has 6 nitrogen and oxygen atoms in total. The minimum Gasteiger partial charge on any atom is -0.341 e. The van der Waals surface area contributed by atoms with Crippen LogP contribution >= 0.6 is 11.3 Å². The summed E-state index contributed by atoms with van der Waals surface area (Å²) < 4.78 is 1.75. The Morgan fingerprint density at radius 3 is 2.85 bits per heavy atom. The van der Waals surface area contributed by atoms with Gasteiger partial charge in [0, 0.05) is 19.1 Å². The lowest BCUT2D eigenvalue weighted by molar-refractivity contribution is 0.492. The zero-order valence-electron chi connectivity index (χ0n) is 15.2. The van der Waals surface area contributed by atoms with Gasteiger partial charge in [-0.1, -0.05) is 12.1 Å². The van der Waals surface area contributed by atoms with Gasteiger partial charge in [-0.2, -0.15) is 5.26 Å². The maximum absolute atomic E-state index is 13.3. The molecule has 27 heavy (non-hydrogen) atoms. The monoisotopic (exact) mass is 379 g/mol. The molecule has 3 heterocycles. The van der Waals surface area contributed by atoms with Crippen LogP contribution in [0.2, 0.25) is 0 Å². The summed E-state index contributed by atoms with van der Waals surface area (Å²) >= 11 is 1.51. The largest absolute Gasteiger partial charge is 0.341 e. The van der Waals surface area contributed by atoms with Crippen LogP contribution < -0.4 is 16.2 Å². The van der Waals surface area contributed by atoms with Gasteiger partial charge in [0.1, 0.15) is 4.83 Å². The van der Waals surface area contributed by atoms with E-state index in [4.69, 9.17) is 16.0 Å². The maximum atomic E-state index is 13.3. The number of nitrogens with zero attached hydrogens (tertiary/aromatic N) is 4. The van der Waals surface area contributed by atoms with Crippen molar-refractivity contribution in [1.82, 2.24) is 9.55 Å². The first-order valence-corrected chi connectivity index (χ1v) is 9.93.